The van der Waals surface area contributed by atoms with Crippen LogP contribution in [0.5, 0.6) is 0 Å². The van der Waals surface area contributed by atoms with Crippen molar-refractivity contribution in [2.75, 3.05) is 0 Å². The topological polar surface area (TPSA) is 91.8 Å². The van der Waals surface area contributed by atoms with E-state index in [0.29, 0.717) is 16.1 Å². The summed E-state index contributed by atoms with van der Waals surface area (Å²) in [6.45, 7) is 0.277. The SMILES string of the molecule is Cn1c(=O)c2c(nnn2Cc2ccc(C(=O)c3ccc(Cl)cc3)cc2)n(C)c1=O. The monoisotopic (exact) mass is 409 g/mol. The maximum Gasteiger partial charge on any atom is 0.332 e. The molecule has 0 aliphatic carbocycles. The molecule has 0 N–H and O–H groups in total. The molecule has 0 aliphatic rings. The highest BCUT2D eigenvalue weighted by molar-refractivity contribution is 6.30. The van der Waals surface area contributed by atoms with E-state index in [2.05, 4.69) is 10.3 Å². The van der Waals surface area contributed by atoms with Crippen molar-refractivity contribution in [3.05, 3.63) is 91.1 Å². The van der Waals surface area contributed by atoms with Crippen LogP contribution < -0.4 is 11.2 Å². The van der Waals surface area contributed by atoms with Gasteiger partial charge in [-0.1, -0.05) is 41.1 Å². The molecule has 0 saturated carbocycles. The number of aryl methyl sites for hydroxylation is 1. The molecule has 2 aromatic heterocycles. The summed E-state index contributed by atoms with van der Waals surface area (Å²) in [6.07, 6.45) is 0. The van der Waals surface area contributed by atoms with Crippen LogP contribution in [-0.4, -0.2) is 29.9 Å². The number of benzene rings is 2. The van der Waals surface area contributed by atoms with Crippen molar-refractivity contribution in [1.82, 2.24) is 24.1 Å². The molecule has 0 aliphatic heterocycles. The minimum Gasteiger partial charge on any atom is -0.289 e. The smallest absolute Gasteiger partial charge is 0.289 e. The molecule has 2 aromatic carbocycles. The lowest BCUT2D eigenvalue weighted by molar-refractivity contribution is 0.103. The lowest BCUT2D eigenvalue weighted by atomic mass is 10.0. The van der Waals surface area contributed by atoms with Gasteiger partial charge < -0.3 is 0 Å². The molecule has 29 heavy (non-hydrogen) atoms. The molecule has 0 fully saturated rings. The highest BCUT2D eigenvalue weighted by atomic mass is 35.5. The molecule has 0 atom stereocenters. The van der Waals surface area contributed by atoms with Crippen molar-refractivity contribution >= 4 is 28.5 Å². The Morgan fingerprint density at radius 1 is 0.931 bits per heavy atom. The Morgan fingerprint density at radius 3 is 2.14 bits per heavy atom. The lowest BCUT2D eigenvalue weighted by Crippen LogP contribution is -2.37. The predicted molar refractivity (Wildman–Crippen MR) is 108 cm³/mol. The van der Waals surface area contributed by atoms with Crippen LogP contribution in [0.15, 0.2) is 58.1 Å². The second-order valence-electron chi connectivity index (χ2n) is 6.66. The van der Waals surface area contributed by atoms with Crippen molar-refractivity contribution in [3.63, 3.8) is 0 Å². The van der Waals surface area contributed by atoms with Crippen LogP contribution in [0.1, 0.15) is 21.5 Å². The molecular formula is C20H16ClN5O3. The van der Waals surface area contributed by atoms with Crippen LogP contribution in [-0.2, 0) is 20.6 Å². The fourth-order valence-corrected chi connectivity index (χ4v) is 3.24. The van der Waals surface area contributed by atoms with E-state index >= 15 is 0 Å². The standard InChI is InChI=1S/C20H16ClN5O3/c1-24-18-16(19(28)25(2)20(24)29)26(23-22-18)11-12-3-5-13(6-4-12)17(27)14-7-9-15(21)10-8-14/h3-10H,11H2,1-2H3. The van der Waals surface area contributed by atoms with Gasteiger partial charge in [-0.2, -0.15) is 0 Å². The van der Waals surface area contributed by atoms with Crippen molar-refractivity contribution in [2.45, 2.75) is 6.54 Å². The second kappa shape index (κ2) is 7.14. The Bertz CT molecular complexity index is 1350. The summed E-state index contributed by atoms with van der Waals surface area (Å²) in [5.41, 5.74) is 1.48. The summed E-state index contributed by atoms with van der Waals surface area (Å²) in [7, 11) is 2.96. The molecule has 4 aromatic rings. The third kappa shape index (κ3) is 3.27. The van der Waals surface area contributed by atoms with E-state index < -0.39 is 11.2 Å². The number of carbonyl (C=O) groups excluding carboxylic acids is 1. The Morgan fingerprint density at radius 2 is 1.52 bits per heavy atom. The minimum absolute atomic E-state index is 0.108. The van der Waals surface area contributed by atoms with Crippen molar-refractivity contribution in [1.29, 1.82) is 0 Å². The Balaban J connectivity index is 1.65. The first-order valence-electron chi connectivity index (χ1n) is 8.75. The first kappa shape index (κ1) is 18.8. The zero-order valence-electron chi connectivity index (χ0n) is 15.7. The highest BCUT2D eigenvalue weighted by Gasteiger charge is 2.16. The van der Waals surface area contributed by atoms with Gasteiger partial charge in [0.25, 0.3) is 5.56 Å². The number of aromatic nitrogens is 5. The molecular weight excluding hydrogens is 394 g/mol. The third-order valence-corrected chi connectivity index (χ3v) is 5.02. The first-order valence-corrected chi connectivity index (χ1v) is 9.13. The van der Waals surface area contributed by atoms with Gasteiger partial charge in [0.15, 0.2) is 16.9 Å². The quantitative estimate of drug-likeness (QED) is 0.479. The summed E-state index contributed by atoms with van der Waals surface area (Å²) < 4.78 is 3.76. The molecule has 8 nitrogen and oxygen atoms in total. The Labute approximate surface area is 169 Å². The maximum absolute atomic E-state index is 12.6. The fraction of sp³-hybridized carbons (Fsp3) is 0.150. The van der Waals surface area contributed by atoms with E-state index in [1.807, 2.05) is 0 Å². The minimum atomic E-state index is -0.459. The number of hydrogen-bond acceptors (Lipinski definition) is 5. The Kier molecular flexibility index (Phi) is 4.63. The molecule has 0 amide bonds. The number of ketones is 1. The maximum atomic E-state index is 12.6. The molecule has 146 valence electrons. The van der Waals surface area contributed by atoms with Crippen molar-refractivity contribution < 1.29 is 4.79 Å². The summed E-state index contributed by atoms with van der Waals surface area (Å²) in [6, 6.07) is 13.7. The van der Waals surface area contributed by atoms with Crippen LogP contribution in [0.3, 0.4) is 0 Å². The average Bonchev–Trinajstić information content (AvgIpc) is 3.15. The van der Waals surface area contributed by atoms with Crippen molar-refractivity contribution in [2.24, 2.45) is 14.1 Å². The molecule has 0 saturated heterocycles. The third-order valence-electron chi connectivity index (χ3n) is 4.77. The molecule has 0 bridgehead atoms. The molecule has 4 rings (SSSR count). The number of rotatable bonds is 4. The van der Waals surface area contributed by atoms with Crippen LogP contribution in [0.25, 0.3) is 11.2 Å². The molecule has 0 radical (unpaired) electrons. The summed E-state index contributed by atoms with van der Waals surface area (Å²) in [4.78, 5) is 37.1. The molecule has 9 heteroatoms. The van der Waals surface area contributed by atoms with E-state index in [9.17, 15) is 14.4 Å². The Hall–Kier alpha value is -3.52. The highest BCUT2D eigenvalue weighted by Crippen LogP contribution is 2.15. The van der Waals surface area contributed by atoms with Gasteiger partial charge in [-0.3, -0.25) is 18.7 Å². The summed E-state index contributed by atoms with van der Waals surface area (Å²) >= 11 is 5.86. The lowest BCUT2D eigenvalue weighted by Gasteiger charge is -2.06. The second-order valence-corrected chi connectivity index (χ2v) is 7.09. The van der Waals surface area contributed by atoms with Crippen molar-refractivity contribution in [3.8, 4) is 0 Å². The van der Waals surface area contributed by atoms with Gasteiger partial charge in [0, 0.05) is 30.2 Å². The number of halogens is 1. The van der Waals surface area contributed by atoms with E-state index in [0.717, 1.165) is 10.1 Å². The number of nitrogens with zero attached hydrogens (tertiary/aromatic N) is 5. The van der Waals surface area contributed by atoms with Gasteiger partial charge in [-0.25, -0.2) is 9.48 Å². The number of fused-ring (bicyclic) bond motifs is 1. The number of carbonyl (C=O) groups is 1. The van der Waals surface area contributed by atoms with Crippen LogP contribution >= 0.6 is 11.6 Å². The molecule has 0 spiro atoms. The largest absolute Gasteiger partial charge is 0.332 e. The normalized spacial score (nSPS) is 11.1. The van der Waals surface area contributed by atoms with E-state index in [-0.39, 0.29) is 23.5 Å². The van der Waals surface area contributed by atoms with Gasteiger partial charge in [0.2, 0.25) is 0 Å². The fourth-order valence-electron chi connectivity index (χ4n) is 3.11. The summed E-state index contributed by atoms with van der Waals surface area (Å²) in [5.74, 6) is -0.108. The van der Waals surface area contributed by atoms with Gasteiger partial charge in [-0.05, 0) is 29.8 Å². The molecule has 0 unspecified atom stereocenters. The van der Waals surface area contributed by atoms with E-state index in [1.54, 1.807) is 55.6 Å². The van der Waals surface area contributed by atoms with E-state index in [4.69, 9.17) is 11.6 Å². The zero-order valence-corrected chi connectivity index (χ0v) is 16.4. The van der Waals surface area contributed by atoms with Crippen LogP contribution in [0.4, 0.5) is 0 Å². The number of hydrogen-bond donors (Lipinski definition) is 0. The van der Waals surface area contributed by atoms with Gasteiger partial charge >= 0.3 is 5.69 Å². The zero-order chi connectivity index (χ0) is 20.7. The van der Waals surface area contributed by atoms with E-state index in [1.165, 1.54) is 16.3 Å². The summed E-state index contributed by atoms with van der Waals surface area (Å²) in [5, 5.41) is 8.56. The van der Waals surface area contributed by atoms with Crippen LogP contribution in [0.2, 0.25) is 5.02 Å². The van der Waals surface area contributed by atoms with Gasteiger partial charge in [0.1, 0.15) is 0 Å². The van der Waals surface area contributed by atoms with Crippen LogP contribution in [0, 0.1) is 0 Å². The van der Waals surface area contributed by atoms with Gasteiger partial charge in [-0.15, -0.1) is 5.10 Å². The average molecular weight is 410 g/mol. The van der Waals surface area contributed by atoms with Gasteiger partial charge in [0.05, 0.1) is 6.54 Å². The molecule has 2 heterocycles. The first-order chi connectivity index (χ1) is 13.9. The predicted octanol–water partition coefficient (Wildman–Crippen LogP) is 1.76.